The molecule has 14 heteroatoms. The van der Waals surface area contributed by atoms with E-state index in [1.165, 1.54) is 30.3 Å². The summed E-state index contributed by atoms with van der Waals surface area (Å²) in [7, 11) is 0. The third-order valence-electron chi connectivity index (χ3n) is 4.14. The Bertz CT molecular complexity index is 1390. The Morgan fingerprint density at radius 1 is 0.939 bits per heavy atom. The number of benzene rings is 2. The molecule has 170 valence electrons. The van der Waals surface area contributed by atoms with Gasteiger partial charge in [-0.3, -0.25) is 30.0 Å². The second-order valence-corrected chi connectivity index (χ2v) is 6.37. The Hall–Kier alpha value is -4.75. The largest absolute Gasteiger partial charge is 0.450 e. The molecule has 0 saturated heterocycles. The number of nitro benzene ring substituents is 1. The van der Waals surface area contributed by atoms with Gasteiger partial charge in [-0.1, -0.05) is 18.2 Å². The zero-order valence-corrected chi connectivity index (χ0v) is 16.1. The minimum atomic E-state index is -4.78. The fraction of sp³-hybridized carbons (Fsp3) is 0.0526. The van der Waals surface area contributed by atoms with Crippen LogP contribution in [0, 0.1) is 20.2 Å². The first-order valence-corrected chi connectivity index (χ1v) is 8.78. The van der Waals surface area contributed by atoms with Crippen LogP contribution in [0.3, 0.4) is 0 Å². The van der Waals surface area contributed by atoms with Crippen molar-refractivity contribution in [1.29, 1.82) is 0 Å². The third kappa shape index (κ3) is 5.30. The summed E-state index contributed by atoms with van der Waals surface area (Å²) in [6.45, 7) is 0. The van der Waals surface area contributed by atoms with Crippen LogP contribution < -0.4 is 16.0 Å². The summed E-state index contributed by atoms with van der Waals surface area (Å²) in [6.07, 6.45) is -2.41. The number of aromatic nitrogens is 2. The Morgan fingerprint density at radius 3 is 2.30 bits per heavy atom. The van der Waals surface area contributed by atoms with E-state index in [1.807, 2.05) is 0 Å². The van der Waals surface area contributed by atoms with Crippen LogP contribution in [0.15, 0.2) is 52.1 Å². The standard InChI is InChI=1S/C19H11F3N4O7/c20-19(21,22)11-5-7-15(14(9-11)25(29)30)33-12-3-1-2-10(8-12)4-6-13-16(26(31)32)17(27)24-18(28)23-13/h1-9H,(H2,23,24,27,28)/b6-4-. The number of nitro groups is 2. The minimum Gasteiger partial charge on any atom is -0.450 e. The van der Waals surface area contributed by atoms with Crippen molar-refractivity contribution in [3.05, 3.63) is 100 Å². The molecule has 0 saturated carbocycles. The van der Waals surface area contributed by atoms with E-state index in [-0.39, 0.29) is 11.4 Å². The Balaban J connectivity index is 1.94. The third-order valence-corrected chi connectivity index (χ3v) is 4.14. The molecule has 0 unspecified atom stereocenters. The van der Waals surface area contributed by atoms with Crippen LogP contribution in [-0.2, 0) is 6.18 Å². The first-order chi connectivity index (χ1) is 15.5. The smallest absolute Gasteiger partial charge is 0.416 e. The average molecular weight is 464 g/mol. The molecular weight excluding hydrogens is 453 g/mol. The number of hydrogen-bond acceptors (Lipinski definition) is 7. The predicted molar refractivity (Wildman–Crippen MR) is 108 cm³/mol. The second kappa shape index (κ2) is 8.78. The van der Waals surface area contributed by atoms with Crippen molar-refractivity contribution in [2.75, 3.05) is 0 Å². The Labute approximate surface area is 180 Å². The van der Waals surface area contributed by atoms with E-state index in [0.29, 0.717) is 17.7 Å². The maximum absolute atomic E-state index is 12.8. The van der Waals surface area contributed by atoms with Crippen molar-refractivity contribution in [3.8, 4) is 11.5 Å². The van der Waals surface area contributed by atoms with Gasteiger partial charge in [-0.2, -0.15) is 13.2 Å². The maximum atomic E-state index is 12.8. The summed E-state index contributed by atoms with van der Waals surface area (Å²) >= 11 is 0. The molecule has 0 amide bonds. The number of nitrogens with zero attached hydrogens (tertiary/aromatic N) is 2. The fourth-order valence-electron chi connectivity index (χ4n) is 2.71. The zero-order chi connectivity index (χ0) is 24.3. The lowest BCUT2D eigenvalue weighted by molar-refractivity contribution is -0.386. The van der Waals surface area contributed by atoms with E-state index in [4.69, 9.17) is 4.74 Å². The lowest BCUT2D eigenvalue weighted by Gasteiger charge is -2.10. The van der Waals surface area contributed by atoms with E-state index in [0.717, 1.165) is 12.1 Å². The van der Waals surface area contributed by atoms with Gasteiger partial charge in [-0.05, 0) is 35.9 Å². The molecule has 11 nitrogen and oxygen atoms in total. The van der Waals surface area contributed by atoms with Gasteiger partial charge in [-0.15, -0.1) is 0 Å². The van der Waals surface area contributed by atoms with Gasteiger partial charge >= 0.3 is 28.8 Å². The van der Waals surface area contributed by atoms with Crippen molar-refractivity contribution < 1.29 is 27.8 Å². The number of rotatable bonds is 6. The summed E-state index contributed by atoms with van der Waals surface area (Å²) in [5.41, 5.74) is -5.21. The highest BCUT2D eigenvalue weighted by Gasteiger charge is 2.33. The molecule has 0 spiro atoms. The van der Waals surface area contributed by atoms with Crippen LogP contribution in [0.5, 0.6) is 11.5 Å². The summed E-state index contributed by atoms with van der Waals surface area (Å²) in [4.78, 5) is 47.2. The van der Waals surface area contributed by atoms with Gasteiger partial charge in [0, 0.05) is 6.07 Å². The van der Waals surface area contributed by atoms with E-state index in [2.05, 4.69) is 4.98 Å². The number of hydrogen-bond donors (Lipinski definition) is 2. The van der Waals surface area contributed by atoms with Gasteiger partial charge in [0.2, 0.25) is 5.75 Å². The Kier molecular flexibility index (Phi) is 6.10. The fourth-order valence-corrected chi connectivity index (χ4v) is 2.71. The summed E-state index contributed by atoms with van der Waals surface area (Å²) in [5, 5.41) is 22.3. The van der Waals surface area contributed by atoms with Crippen LogP contribution in [0.4, 0.5) is 24.5 Å². The van der Waals surface area contributed by atoms with Crippen molar-refractivity contribution in [1.82, 2.24) is 9.97 Å². The van der Waals surface area contributed by atoms with Gasteiger partial charge < -0.3 is 9.72 Å². The Morgan fingerprint density at radius 2 is 1.67 bits per heavy atom. The summed E-state index contributed by atoms with van der Waals surface area (Å²) in [5.74, 6) is -0.433. The number of alkyl halides is 3. The van der Waals surface area contributed by atoms with Crippen LogP contribution in [0.1, 0.15) is 16.8 Å². The molecule has 0 bridgehead atoms. The van der Waals surface area contributed by atoms with Gasteiger partial charge in [0.05, 0.1) is 15.4 Å². The van der Waals surface area contributed by atoms with Crippen LogP contribution in [0.25, 0.3) is 12.2 Å². The maximum Gasteiger partial charge on any atom is 0.416 e. The molecule has 0 atom stereocenters. The van der Waals surface area contributed by atoms with Crippen LogP contribution in [-0.4, -0.2) is 19.8 Å². The molecule has 3 aromatic rings. The number of ether oxygens (including phenoxy) is 1. The van der Waals surface area contributed by atoms with E-state index in [9.17, 15) is 43.0 Å². The van der Waals surface area contributed by atoms with Crippen molar-refractivity contribution >= 4 is 23.5 Å². The molecule has 3 rings (SSSR count). The number of halogens is 3. The van der Waals surface area contributed by atoms with E-state index < -0.39 is 50.0 Å². The first kappa shape index (κ1) is 22.9. The number of nitrogens with one attached hydrogen (secondary N) is 2. The lowest BCUT2D eigenvalue weighted by Crippen LogP contribution is -2.25. The first-order valence-electron chi connectivity index (χ1n) is 8.78. The van der Waals surface area contributed by atoms with Crippen molar-refractivity contribution in [2.24, 2.45) is 0 Å². The van der Waals surface area contributed by atoms with Crippen LogP contribution in [0.2, 0.25) is 0 Å². The van der Waals surface area contributed by atoms with Gasteiger partial charge in [0.15, 0.2) is 0 Å². The van der Waals surface area contributed by atoms with E-state index >= 15 is 0 Å². The van der Waals surface area contributed by atoms with Crippen LogP contribution >= 0.6 is 0 Å². The van der Waals surface area contributed by atoms with Gasteiger partial charge in [0.1, 0.15) is 11.4 Å². The molecule has 0 fully saturated rings. The number of aromatic amines is 2. The highest BCUT2D eigenvalue weighted by molar-refractivity contribution is 5.72. The monoisotopic (exact) mass is 464 g/mol. The van der Waals surface area contributed by atoms with Crippen molar-refractivity contribution in [3.63, 3.8) is 0 Å². The van der Waals surface area contributed by atoms with Gasteiger partial charge in [0.25, 0.3) is 0 Å². The van der Waals surface area contributed by atoms with Crippen molar-refractivity contribution in [2.45, 2.75) is 6.18 Å². The molecule has 33 heavy (non-hydrogen) atoms. The molecule has 0 aliphatic heterocycles. The topological polar surface area (TPSA) is 161 Å². The number of H-pyrrole nitrogens is 2. The normalized spacial score (nSPS) is 11.5. The average Bonchev–Trinajstić information content (AvgIpc) is 2.71. The molecule has 1 heterocycles. The summed E-state index contributed by atoms with van der Waals surface area (Å²) in [6, 6.07) is 7.44. The highest BCUT2D eigenvalue weighted by Crippen LogP contribution is 2.38. The second-order valence-electron chi connectivity index (χ2n) is 6.37. The summed E-state index contributed by atoms with van der Waals surface area (Å²) < 4.78 is 43.9. The zero-order valence-electron chi connectivity index (χ0n) is 16.1. The highest BCUT2D eigenvalue weighted by atomic mass is 19.4. The lowest BCUT2D eigenvalue weighted by atomic mass is 10.1. The molecular formula is C19H11F3N4O7. The molecule has 0 aliphatic rings. The minimum absolute atomic E-state index is 0.00825. The van der Waals surface area contributed by atoms with E-state index in [1.54, 1.807) is 4.98 Å². The molecule has 0 radical (unpaired) electrons. The SMILES string of the molecule is O=c1[nH]c(/C=C\c2cccc(Oc3ccc(C(F)(F)F)cc3[N+](=O)[O-])c2)c([N+](=O)[O-])c(=O)[nH]1. The molecule has 1 aromatic heterocycles. The molecule has 0 aliphatic carbocycles. The molecule has 2 aromatic carbocycles. The molecule has 2 N–H and O–H groups in total. The predicted octanol–water partition coefficient (Wildman–Crippen LogP) is 3.86. The van der Waals surface area contributed by atoms with Gasteiger partial charge in [-0.25, -0.2) is 4.79 Å². The quantitative estimate of drug-likeness (QED) is 0.413.